The molecule has 0 saturated heterocycles. The van der Waals surface area contributed by atoms with Crippen LogP contribution >= 0.6 is 0 Å². The normalized spacial score (nSPS) is 10.3. The molecule has 0 aliphatic rings. The lowest BCUT2D eigenvalue weighted by Gasteiger charge is -2.07. The Balaban J connectivity index is 0.00000342. The van der Waals surface area contributed by atoms with E-state index < -0.39 is 0 Å². The molecule has 1 heterocycles. The summed E-state index contributed by atoms with van der Waals surface area (Å²) in [6.07, 6.45) is 0.664. The van der Waals surface area contributed by atoms with Gasteiger partial charge >= 0.3 is 0 Å². The number of para-hydroxylation sites is 1. The van der Waals surface area contributed by atoms with Gasteiger partial charge in [-0.15, -0.1) is 0 Å². The van der Waals surface area contributed by atoms with Crippen molar-refractivity contribution in [1.29, 1.82) is 0 Å². The van der Waals surface area contributed by atoms with Gasteiger partial charge in [0.1, 0.15) is 17.3 Å². The fourth-order valence-corrected chi connectivity index (χ4v) is 3.53. The van der Waals surface area contributed by atoms with Crippen molar-refractivity contribution < 1.29 is 18.7 Å². The second kappa shape index (κ2) is 12.3. The number of amides is 1. The quantitative estimate of drug-likeness (QED) is 0.285. The SMILES string of the molecule is C.Cc1oc(-c2ccccc2)nc1CCOc1ccc(CC(=O)CC(=O)Nc2ccccc2)cc1. The predicted molar refractivity (Wildman–Crippen MR) is 137 cm³/mol. The Labute approximate surface area is 206 Å². The Morgan fingerprint density at radius 1 is 0.914 bits per heavy atom. The molecule has 35 heavy (non-hydrogen) atoms. The van der Waals surface area contributed by atoms with Crippen molar-refractivity contribution in [2.75, 3.05) is 11.9 Å². The van der Waals surface area contributed by atoms with Gasteiger partial charge in [-0.05, 0) is 48.9 Å². The highest BCUT2D eigenvalue weighted by molar-refractivity contribution is 6.04. The Kier molecular flexibility index (Phi) is 8.95. The van der Waals surface area contributed by atoms with E-state index in [4.69, 9.17) is 9.15 Å². The summed E-state index contributed by atoms with van der Waals surface area (Å²) in [5.41, 5.74) is 3.33. The lowest BCUT2D eigenvalue weighted by Crippen LogP contribution is -2.17. The number of ketones is 1. The fraction of sp³-hybridized carbons (Fsp3) is 0.207. The second-order valence-corrected chi connectivity index (χ2v) is 7.94. The summed E-state index contributed by atoms with van der Waals surface area (Å²) in [4.78, 5) is 28.9. The van der Waals surface area contributed by atoms with E-state index in [9.17, 15) is 9.59 Å². The lowest BCUT2D eigenvalue weighted by molar-refractivity contribution is -0.125. The first-order chi connectivity index (χ1) is 16.6. The van der Waals surface area contributed by atoms with Crippen LogP contribution in [0.15, 0.2) is 89.3 Å². The van der Waals surface area contributed by atoms with Crippen LogP contribution in [0.3, 0.4) is 0 Å². The van der Waals surface area contributed by atoms with E-state index in [-0.39, 0.29) is 32.0 Å². The van der Waals surface area contributed by atoms with Gasteiger partial charge in [0.25, 0.3) is 0 Å². The van der Waals surface area contributed by atoms with E-state index in [0.717, 1.165) is 22.6 Å². The monoisotopic (exact) mass is 470 g/mol. The summed E-state index contributed by atoms with van der Waals surface area (Å²) < 4.78 is 11.6. The third-order valence-corrected chi connectivity index (χ3v) is 5.26. The van der Waals surface area contributed by atoms with Gasteiger partial charge in [0, 0.05) is 24.1 Å². The molecule has 0 aliphatic carbocycles. The van der Waals surface area contributed by atoms with Crippen molar-refractivity contribution >= 4 is 17.4 Å². The Morgan fingerprint density at radius 2 is 1.57 bits per heavy atom. The van der Waals surface area contributed by atoms with Gasteiger partial charge in [0.2, 0.25) is 11.8 Å². The molecule has 0 saturated carbocycles. The molecule has 0 atom stereocenters. The average molecular weight is 471 g/mol. The van der Waals surface area contributed by atoms with E-state index in [0.29, 0.717) is 30.4 Å². The Morgan fingerprint density at radius 3 is 2.26 bits per heavy atom. The molecule has 0 unspecified atom stereocenters. The lowest BCUT2D eigenvalue weighted by atomic mass is 10.1. The van der Waals surface area contributed by atoms with Crippen molar-refractivity contribution in [3.8, 4) is 17.2 Å². The topological polar surface area (TPSA) is 81.4 Å². The number of oxazole rings is 1. The summed E-state index contributed by atoms with van der Waals surface area (Å²) >= 11 is 0. The summed E-state index contributed by atoms with van der Waals surface area (Å²) in [5, 5.41) is 2.73. The molecular weight excluding hydrogens is 440 g/mol. The van der Waals surface area contributed by atoms with Gasteiger partial charge < -0.3 is 14.5 Å². The van der Waals surface area contributed by atoms with Gasteiger partial charge in [-0.2, -0.15) is 0 Å². The maximum Gasteiger partial charge on any atom is 0.231 e. The molecule has 0 aliphatic heterocycles. The predicted octanol–water partition coefficient (Wildman–Crippen LogP) is 6.05. The first-order valence-electron chi connectivity index (χ1n) is 11.2. The smallest absolute Gasteiger partial charge is 0.231 e. The number of nitrogens with zero attached hydrogens (tertiary/aromatic N) is 1. The first-order valence-corrected chi connectivity index (χ1v) is 11.2. The molecule has 0 spiro atoms. The number of aryl methyl sites for hydroxylation is 1. The van der Waals surface area contributed by atoms with E-state index in [1.54, 1.807) is 12.1 Å². The largest absolute Gasteiger partial charge is 0.493 e. The third kappa shape index (κ3) is 7.40. The maximum absolute atomic E-state index is 12.3. The first kappa shape index (κ1) is 25.4. The van der Waals surface area contributed by atoms with Crippen molar-refractivity contribution in [3.63, 3.8) is 0 Å². The summed E-state index contributed by atoms with van der Waals surface area (Å²) in [7, 11) is 0. The number of ether oxygens (including phenoxy) is 1. The summed E-state index contributed by atoms with van der Waals surface area (Å²) in [6.45, 7) is 2.36. The molecule has 0 fully saturated rings. The molecule has 4 aromatic rings. The fourth-order valence-electron chi connectivity index (χ4n) is 3.53. The number of carbonyl (C=O) groups is 2. The number of aromatic nitrogens is 1. The second-order valence-electron chi connectivity index (χ2n) is 7.94. The zero-order valence-electron chi connectivity index (χ0n) is 19.0. The van der Waals surface area contributed by atoms with Crippen LogP contribution in [0.4, 0.5) is 5.69 Å². The highest BCUT2D eigenvalue weighted by Gasteiger charge is 2.12. The van der Waals surface area contributed by atoms with E-state index in [2.05, 4.69) is 10.3 Å². The minimum atomic E-state index is -0.310. The number of anilines is 1. The zero-order valence-corrected chi connectivity index (χ0v) is 19.0. The minimum Gasteiger partial charge on any atom is -0.493 e. The molecule has 3 aromatic carbocycles. The van der Waals surface area contributed by atoms with Crippen LogP contribution in [0, 0.1) is 6.92 Å². The number of benzene rings is 3. The molecule has 0 radical (unpaired) electrons. The number of nitrogens with one attached hydrogen (secondary N) is 1. The molecule has 4 rings (SSSR count). The minimum absolute atomic E-state index is 0. The molecule has 6 heteroatoms. The van der Waals surface area contributed by atoms with Gasteiger partial charge in [0.05, 0.1) is 18.7 Å². The number of hydrogen-bond acceptors (Lipinski definition) is 5. The van der Waals surface area contributed by atoms with Crippen LogP contribution in [0.25, 0.3) is 11.5 Å². The Bertz CT molecular complexity index is 1230. The van der Waals surface area contributed by atoms with Gasteiger partial charge in [-0.3, -0.25) is 9.59 Å². The molecule has 6 nitrogen and oxygen atoms in total. The molecule has 1 N–H and O–H groups in total. The number of hydrogen-bond donors (Lipinski definition) is 1. The van der Waals surface area contributed by atoms with E-state index in [1.165, 1.54) is 0 Å². The van der Waals surface area contributed by atoms with Crippen molar-refractivity contribution in [3.05, 3.63) is 102 Å². The molecule has 1 amide bonds. The molecule has 1 aromatic heterocycles. The molecule has 0 bridgehead atoms. The van der Waals surface area contributed by atoms with Crippen LogP contribution in [0.1, 0.15) is 30.9 Å². The van der Waals surface area contributed by atoms with E-state index >= 15 is 0 Å². The highest BCUT2D eigenvalue weighted by Crippen LogP contribution is 2.22. The Hall–Kier alpha value is -4.19. The average Bonchev–Trinajstić information content (AvgIpc) is 3.21. The van der Waals surface area contributed by atoms with Crippen LogP contribution in [-0.4, -0.2) is 23.3 Å². The maximum atomic E-state index is 12.3. The summed E-state index contributed by atoms with van der Waals surface area (Å²) in [5.74, 6) is 1.65. The standard InChI is InChI=1S/C28H26N2O4.CH4/c1-20-26(30-28(34-20)22-8-4-2-5-9-22)16-17-33-25-14-12-21(13-15-25)18-24(31)19-27(32)29-23-10-6-3-7-11-23;/h2-15H,16-19H2,1H3,(H,29,32);1H4. The van der Waals surface area contributed by atoms with Crippen molar-refractivity contribution in [1.82, 2.24) is 4.98 Å². The number of carbonyl (C=O) groups excluding carboxylic acids is 2. The number of rotatable bonds is 10. The molecular formula is C29H30N2O4. The number of Topliss-reactive ketones (excluding diaryl/α,β-unsaturated/α-hetero) is 1. The van der Waals surface area contributed by atoms with Crippen molar-refractivity contribution in [2.24, 2.45) is 0 Å². The zero-order chi connectivity index (χ0) is 23.8. The summed E-state index contributed by atoms with van der Waals surface area (Å²) in [6, 6.07) is 26.2. The van der Waals surface area contributed by atoms with Gasteiger partial charge in [-0.25, -0.2) is 4.98 Å². The van der Waals surface area contributed by atoms with Crippen LogP contribution in [0.2, 0.25) is 0 Å². The van der Waals surface area contributed by atoms with Crippen molar-refractivity contribution in [2.45, 2.75) is 33.6 Å². The van der Waals surface area contributed by atoms with E-state index in [1.807, 2.05) is 79.7 Å². The van der Waals surface area contributed by atoms with Gasteiger partial charge in [-0.1, -0.05) is 56.0 Å². The van der Waals surface area contributed by atoms with Crippen LogP contribution in [0.5, 0.6) is 5.75 Å². The molecule has 180 valence electrons. The van der Waals surface area contributed by atoms with Crippen LogP contribution in [-0.2, 0) is 22.4 Å². The highest BCUT2D eigenvalue weighted by atomic mass is 16.5. The van der Waals surface area contributed by atoms with Crippen LogP contribution < -0.4 is 10.1 Å². The third-order valence-electron chi connectivity index (χ3n) is 5.26. The van der Waals surface area contributed by atoms with Gasteiger partial charge in [0.15, 0.2) is 0 Å².